The second kappa shape index (κ2) is 9.30. The van der Waals surface area contributed by atoms with Crippen molar-refractivity contribution in [2.24, 2.45) is 5.92 Å². The number of nitrogens with one attached hydrogen (secondary N) is 1. The summed E-state index contributed by atoms with van der Waals surface area (Å²) < 4.78 is 11.1. The predicted molar refractivity (Wildman–Crippen MR) is 109 cm³/mol. The zero-order valence-electron chi connectivity index (χ0n) is 18.0. The van der Waals surface area contributed by atoms with Crippen LogP contribution >= 0.6 is 0 Å². The van der Waals surface area contributed by atoms with Crippen LogP contribution in [0.3, 0.4) is 0 Å². The van der Waals surface area contributed by atoms with Crippen molar-refractivity contribution >= 4 is 12.0 Å². The second-order valence-electron chi connectivity index (χ2n) is 8.73. The topological polar surface area (TPSA) is 67.9 Å². The van der Waals surface area contributed by atoms with E-state index in [1.807, 2.05) is 65.8 Å². The van der Waals surface area contributed by atoms with Gasteiger partial charge in [-0.25, -0.2) is 4.79 Å². The molecule has 1 N–H and O–H groups in total. The molecule has 2 unspecified atom stereocenters. The van der Waals surface area contributed by atoms with E-state index >= 15 is 0 Å². The van der Waals surface area contributed by atoms with E-state index in [0.717, 1.165) is 24.2 Å². The van der Waals surface area contributed by atoms with Crippen molar-refractivity contribution in [1.82, 2.24) is 10.2 Å². The van der Waals surface area contributed by atoms with E-state index < -0.39 is 5.60 Å². The summed E-state index contributed by atoms with van der Waals surface area (Å²) in [5.41, 5.74) is 0.482. The van der Waals surface area contributed by atoms with Gasteiger partial charge in [0.25, 0.3) is 0 Å². The van der Waals surface area contributed by atoms with Gasteiger partial charge in [0.2, 0.25) is 5.91 Å². The zero-order chi connectivity index (χ0) is 20.9. The molecule has 6 nitrogen and oxygen atoms in total. The molecule has 2 amide bonds. The molecular formula is C22H34N2O4. The summed E-state index contributed by atoms with van der Waals surface area (Å²) in [6.07, 6.45) is 1.35. The summed E-state index contributed by atoms with van der Waals surface area (Å²) in [7, 11) is 0. The molecule has 0 radical (unpaired) electrons. The number of nitrogens with zero attached hydrogens (tertiary/aromatic N) is 1. The van der Waals surface area contributed by atoms with Crippen molar-refractivity contribution in [3.63, 3.8) is 0 Å². The summed E-state index contributed by atoms with van der Waals surface area (Å²) in [5.74, 6) is 0.577. The van der Waals surface area contributed by atoms with Crippen LogP contribution in [0.2, 0.25) is 0 Å². The Hall–Kier alpha value is -2.24. The molecule has 0 aliphatic carbocycles. The van der Waals surface area contributed by atoms with Gasteiger partial charge in [0.15, 0.2) is 0 Å². The molecule has 28 heavy (non-hydrogen) atoms. The van der Waals surface area contributed by atoms with Gasteiger partial charge in [-0.3, -0.25) is 4.79 Å². The largest absolute Gasteiger partial charge is 0.491 e. The highest BCUT2D eigenvalue weighted by atomic mass is 16.6. The van der Waals surface area contributed by atoms with Gasteiger partial charge in [0, 0.05) is 13.1 Å². The third kappa shape index (κ3) is 6.73. The third-order valence-corrected chi connectivity index (χ3v) is 4.55. The first-order valence-electron chi connectivity index (χ1n) is 10.1. The van der Waals surface area contributed by atoms with Gasteiger partial charge in [-0.15, -0.1) is 0 Å². The molecule has 2 atom stereocenters. The molecule has 1 saturated heterocycles. The summed E-state index contributed by atoms with van der Waals surface area (Å²) in [5, 5.41) is 3.08. The standard InChI is InChI=1S/C22H34N2O4/c1-15(2)27-19-11-9-17(10-12-19)16(3)23-20(25)18-8-7-13-24(14-18)21(26)28-22(4,5)6/h9-12,15-16,18H,7-8,13-14H2,1-6H3,(H,23,25). The minimum atomic E-state index is -0.535. The molecule has 0 spiro atoms. The summed E-state index contributed by atoms with van der Waals surface area (Å²) in [6.45, 7) is 12.5. The van der Waals surface area contributed by atoms with E-state index in [2.05, 4.69) is 5.32 Å². The Labute approximate surface area is 168 Å². The average molecular weight is 391 g/mol. The number of piperidine rings is 1. The number of amides is 2. The van der Waals surface area contributed by atoms with Crippen LogP contribution in [0.25, 0.3) is 0 Å². The number of ether oxygens (including phenoxy) is 2. The third-order valence-electron chi connectivity index (χ3n) is 4.55. The molecule has 0 bridgehead atoms. The van der Waals surface area contributed by atoms with E-state index in [4.69, 9.17) is 9.47 Å². The van der Waals surface area contributed by atoms with Gasteiger partial charge in [0.1, 0.15) is 11.4 Å². The van der Waals surface area contributed by atoms with Gasteiger partial charge in [-0.2, -0.15) is 0 Å². The highest BCUT2D eigenvalue weighted by Crippen LogP contribution is 2.22. The van der Waals surface area contributed by atoms with Crippen LogP contribution < -0.4 is 10.1 Å². The minimum Gasteiger partial charge on any atom is -0.491 e. The van der Waals surface area contributed by atoms with E-state index in [1.165, 1.54) is 0 Å². The van der Waals surface area contributed by atoms with E-state index in [0.29, 0.717) is 13.1 Å². The van der Waals surface area contributed by atoms with Crippen LogP contribution in [-0.2, 0) is 9.53 Å². The maximum Gasteiger partial charge on any atom is 0.410 e. The van der Waals surface area contributed by atoms with Crippen LogP contribution in [0.15, 0.2) is 24.3 Å². The number of carbonyl (C=O) groups excluding carboxylic acids is 2. The lowest BCUT2D eigenvalue weighted by molar-refractivity contribution is -0.127. The molecule has 1 fully saturated rings. The molecule has 1 aliphatic heterocycles. The van der Waals surface area contributed by atoms with Gasteiger partial charge in [-0.1, -0.05) is 12.1 Å². The Kier molecular flexibility index (Phi) is 7.33. The Morgan fingerprint density at radius 2 is 1.79 bits per heavy atom. The zero-order valence-corrected chi connectivity index (χ0v) is 18.0. The number of rotatable bonds is 5. The van der Waals surface area contributed by atoms with E-state index in [9.17, 15) is 9.59 Å². The number of carbonyl (C=O) groups is 2. The Bertz CT molecular complexity index is 664. The number of hydrogen-bond acceptors (Lipinski definition) is 4. The maximum atomic E-state index is 12.7. The Morgan fingerprint density at radius 1 is 1.14 bits per heavy atom. The molecule has 0 saturated carbocycles. The fourth-order valence-corrected chi connectivity index (χ4v) is 3.21. The predicted octanol–water partition coefficient (Wildman–Crippen LogP) is 4.30. The van der Waals surface area contributed by atoms with Crippen molar-refractivity contribution in [1.29, 1.82) is 0 Å². The lowest BCUT2D eigenvalue weighted by Crippen LogP contribution is -2.47. The lowest BCUT2D eigenvalue weighted by atomic mass is 9.96. The van der Waals surface area contributed by atoms with E-state index in [-0.39, 0.29) is 30.1 Å². The van der Waals surface area contributed by atoms with Crippen molar-refractivity contribution in [3.8, 4) is 5.75 Å². The monoisotopic (exact) mass is 390 g/mol. The highest BCUT2D eigenvalue weighted by molar-refractivity contribution is 5.80. The quantitative estimate of drug-likeness (QED) is 0.814. The average Bonchev–Trinajstić information content (AvgIpc) is 2.60. The first kappa shape index (κ1) is 22.1. The van der Waals surface area contributed by atoms with Crippen molar-refractivity contribution in [2.75, 3.05) is 13.1 Å². The fourth-order valence-electron chi connectivity index (χ4n) is 3.21. The molecule has 1 aliphatic rings. The molecule has 0 aromatic heterocycles. The SMILES string of the molecule is CC(C)Oc1ccc(C(C)NC(=O)C2CCCN(C(=O)OC(C)(C)C)C2)cc1. The number of likely N-dealkylation sites (tertiary alicyclic amines) is 1. The van der Waals surface area contributed by atoms with Crippen LogP contribution in [0, 0.1) is 5.92 Å². The summed E-state index contributed by atoms with van der Waals surface area (Å²) >= 11 is 0. The second-order valence-corrected chi connectivity index (χ2v) is 8.73. The van der Waals surface area contributed by atoms with Crippen molar-refractivity contribution < 1.29 is 19.1 Å². The van der Waals surface area contributed by atoms with Crippen LogP contribution in [-0.4, -0.2) is 41.7 Å². The number of hydrogen-bond donors (Lipinski definition) is 1. The highest BCUT2D eigenvalue weighted by Gasteiger charge is 2.31. The molecular weight excluding hydrogens is 356 g/mol. The van der Waals surface area contributed by atoms with Gasteiger partial charge in [0.05, 0.1) is 18.1 Å². The fraction of sp³-hybridized carbons (Fsp3) is 0.636. The number of benzene rings is 1. The Morgan fingerprint density at radius 3 is 2.36 bits per heavy atom. The normalized spacial score (nSPS) is 18.5. The minimum absolute atomic E-state index is 0.0248. The molecule has 6 heteroatoms. The molecule has 1 aromatic carbocycles. The first-order chi connectivity index (χ1) is 13.0. The first-order valence-corrected chi connectivity index (χ1v) is 10.1. The van der Waals surface area contributed by atoms with E-state index in [1.54, 1.807) is 4.90 Å². The van der Waals surface area contributed by atoms with Gasteiger partial charge in [-0.05, 0) is 72.1 Å². The van der Waals surface area contributed by atoms with Crippen LogP contribution in [0.4, 0.5) is 4.79 Å². The maximum absolute atomic E-state index is 12.7. The van der Waals surface area contributed by atoms with Crippen molar-refractivity contribution in [2.45, 2.75) is 72.1 Å². The van der Waals surface area contributed by atoms with Gasteiger partial charge >= 0.3 is 6.09 Å². The lowest BCUT2D eigenvalue weighted by Gasteiger charge is -2.34. The van der Waals surface area contributed by atoms with Crippen molar-refractivity contribution in [3.05, 3.63) is 29.8 Å². The van der Waals surface area contributed by atoms with Gasteiger partial charge < -0.3 is 19.7 Å². The summed E-state index contributed by atoms with van der Waals surface area (Å²) in [6, 6.07) is 7.66. The van der Waals surface area contributed by atoms with Crippen LogP contribution in [0.1, 0.15) is 66.0 Å². The smallest absolute Gasteiger partial charge is 0.410 e. The molecule has 1 aromatic rings. The molecule has 156 valence electrons. The molecule has 2 rings (SSSR count). The molecule has 1 heterocycles. The van der Waals surface area contributed by atoms with Crippen LogP contribution in [0.5, 0.6) is 5.75 Å². The Balaban J connectivity index is 1.91. The summed E-state index contributed by atoms with van der Waals surface area (Å²) in [4.78, 5) is 26.7.